The normalized spacial score (nSPS) is 12.2. The fourth-order valence-corrected chi connectivity index (χ4v) is 5.97. The van der Waals surface area contributed by atoms with Gasteiger partial charge in [-0.25, -0.2) is 8.42 Å². The van der Waals surface area contributed by atoms with Gasteiger partial charge in [0.15, 0.2) is 4.90 Å². The highest BCUT2D eigenvalue weighted by Gasteiger charge is 2.32. The number of aromatic nitrogens is 2. The van der Waals surface area contributed by atoms with Gasteiger partial charge in [-0.3, -0.25) is 14.2 Å². The lowest BCUT2D eigenvalue weighted by Crippen LogP contribution is -2.29. The van der Waals surface area contributed by atoms with Gasteiger partial charge in [-0.1, -0.05) is 42.5 Å². The number of sulfone groups is 1. The molecule has 1 heterocycles. The third-order valence-corrected chi connectivity index (χ3v) is 8.44. The molecule has 0 unspecified atom stereocenters. The lowest BCUT2D eigenvalue weighted by Gasteiger charge is -2.26. The monoisotopic (exact) mass is 602 g/mol. The van der Waals surface area contributed by atoms with Crippen LogP contribution in [-0.2, 0) is 25.9 Å². The number of carbonyl (C=O) groups is 1. The number of ether oxygens (including phenoxy) is 2. The van der Waals surface area contributed by atoms with Crippen LogP contribution in [0.4, 0.5) is 0 Å². The van der Waals surface area contributed by atoms with E-state index in [0.717, 1.165) is 0 Å². The number of hydrogen-bond donors (Lipinski definition) is 2. The number of primary amides is 1. The molecule has 0 saturated heterocycles. The number of nitriles is 1. The third-order valence-electron chi connectivity index (χ3n) is 6.65. The van der Waals surface area contributed by atoms with Crippen LogP contribution in [0.3, 0.4) is 0 Å². The summed E-state index contributed by atoms with van der Waals surface area (Å²) in [6, 6.07) is 19.8. The van der Waals surface area contributed by atoms with Crippen LogP contribution in [0.1, 0.15) is 47.2 Å². The predicted octanol–water partition coefficient (Wildman–Crippen LogP) is 3.58. The zero-order valence-corrected chi connectivity index (χ0v) is 24.5. The standard InChI is InChI=1S/C31H30N4O7S/c1-19(2)42-18-27-34-30(37)28(31(38)35(27)26(17-41-3)22-8-6-7-20(15-22)16-32)43(39,40)23-13-11-21(12-14-23)24-9-4-5-10-25(24)29(33)36/h4-15,19,26,38H,17-18H2,1-3H3,(H2,33,36)/t26-/m0/s1. The van der Waals surface area contributed by atoms with Crippen molar-refractivity contribution >= 4 is 15.7 Å². The summed E-state index contributed by atoms with van der Waals surface area (Å²) in [6.45, 7) is 3.27. The van der Waals surface area contributed by atoms with E-state index in [0.29, 0.717) is 22.3 Å². The Labute approximate surface area is 248 Å². The Bertz CT molecular complexity index is 1860. The lowest BCUT2D eigenvalue weighted by molar-refractivity contribution is 0.0554. The molecular weight excluding hydrogens is 572 g/mol. The first kappa shape index (κ1) is 31.1. The molecule has 0 aliphatic heterocycles. The number of amides is 1. The molecule has 0 spiro atoms. The van der Waals surface area contributed by atoms with E-state index in [-0.39, 0.29) is 35.6 Å². The van der Waals surface area contributed by atoms with Crippen LogP contribution in [0, 0.1) is 11.3 Å². The van der Waals surface area contributed by atoms with E-state index in [2.05, 4.69) is 11.1 Å². The summed E-state index contributed by atoms with van der Waals surface area (Å²) in [5.74, 6) is -1.52. The molecule has 0 radical (unpaired) electrons. The molecule has 3 aromatic carbocycles. The van der Waals surface area contributed by atoms with Gasteiger partial charge in [0.25, 0.3) is 5.56 Å². The second-order valence-corrected chi connectivity index (χ2v) is 11.7. The second kappa shape index (κ2) is 13.0. The number of carbonyl (C=O) groups excluding carboxylic acids is 1. The van der Waals surface area contributed by atoms with Crippen LogP contribution < -0.4 is 11.3 Å². The molecule has 43 heavy (non-hydrogen) atoms. The Kier molecular flexibility index (Phi) is 9.40. The van der Waals surface area contributed by atoms with Crippen molar-refractivity contribution in [3.8, 4) is 23.1 Å². The molecule has 4 aromatic rings. The highest BCUT2D eigenvalue weighted by Crippen LogP contribution is 2.33. The van der Waals surface area contributed by atoms with E-state index in [9.17, 15) is 28.4 Å². The van der Waals surface area contributed by atoms with Crippen LogP contribution in [0.2, 0.25) is 0 Å². The molecule has 4 rings (SSSR count). The van der Waals surface area contributed by atoms with Crippen molar-refractivity contribution in [1.82, 2.24) is 9.55 Å². The fourth-order valence-electron chi connectivity index (χ4n) is 4.63. The second-order valence-electron chi connectivity index (χ2n) is 9.86. The number of rotatable bonds is 11. The largest absolute Gasteiger partial charge is 0.493 e. The first-order valence-electron chi connectivity index (χ1n) is 13.2. The van der Waals surface area contributed by atoms with Crippen LogP contribution in [0.5, 0.6) is 5.88 Å². The van der Waals surface area contributed by atoms with Gasteiger partial charge in [-0.15, -0.1) is 0 Å². The van der Waals surface area contributed by atoms with Crippen molar-refractivity contribution in [3.63, 3.8) is 0 Å². The SMILES string of the molecule is COC[C@@H](c1cccc(C#N)c1)n1c(COC(C)C)nc(=O)c(S(=O)(=O)c2ccc(-c3ccccc3C(N)=O)cc2)c1O. The van der Waals surface area contributed by atoms with Crippen molar-refractivity contribution in [2.45, 2.75) is 42.4 Å². The Hall–Kier alpha value is -4.83. The molecule has 0 aliphatic carbocycles. The number of methoxy groups -OCH3 is 1. The molecule has 12 heteroatoms. The Morgan fingerprint density at radius 1 is 1.09 bits per heavy atom. The summed E-state index contributed by atoms with van der Waals surface area (Å²) in [5.41, 5.74) is 6.44. The van der Waals surface area contributed by atoms with Gasteiger partial charge in [0.1, 0.15) is 12.4 Å². The Morgan fingerprint density at radius 3 is 2.42 bits per heavy atom. The maximum absolute atomic E-state index is 13.9. The molecule has 0 saturated carbocycles. The van der Waals surface area contributed by atoms with E-state index in [4.69, 9.17) is 15.2 Å². The van der Waals surface area contributed by atoms with E-state index >= 15 is 0 Å². The number of nitrogens with zero attached hydrogens (tertiary/aromatic N) is 3. The number of aromatic hydroxyl groups is 1. The zero-order valence-electron chi connectivity index (χ0n) is 23.7. The van der Waals surface area contributed by atoms with E-state index in [1.807, 2.05) is 0 Å². The number of hydrogen-bond acceptors (Lipinski definition) is 9. The van der Waals surface area contributed by atoms with Gasteiger partial charge in [0.05, 0.1) is 35.3 Å². The first-order valence-corrected chi connectivity index (χ1v) is 14.7. The van der Waals surface area contributed by atoms with E-state index < -0.39 is 38.1 Å². The lowest BCUT2D eigenvalue weighted by atomic mass is 9.99. The number of benzene rings is 3. The highest BCUT2D eigenvalue weighted by molar-refractivity contribution is 7.91. The maximum atomic E-state index is 13.9. The molecular formula is C31H30N4O7S. The molecule has 0 aliphatic rings. The average molecular weight is 603 g/mol. The first-order chi connectivity index (χ1) is 20.5. The average Bonchev–Trinajstić information content (AvgIpc) is 2.99. The topological polar surface area (TPSA) is 175 Å². The van der Waals surface area contributed by atoms with Crippen molar-refractivity contribution in [2.24, 2.45) is 5.73 Å². The van der Waals surface area contributed by atoms with Crippen LogP contribution in [0.25, 0.3) is 11.1 Å². The summed E-state index contributed by atoms with van der Waals surface area (Å²) in [4.78, 5) is 28.0. The maximum Gasteiger partial charge on any atom is 0.296 e. The molecule has 3 N–H and O–H groups in total. The van der Waals surface area contributed by atoms with Crippen LogP contribution >= 0.6 is 0 Å². The predicted molar refractivity (Wildman–Crippen MR) is 157 cm³/mol. The zero-order chi connectivity index (χ0) is 31.3. The molecule has 11 nitrogen and oxygen atoms in total. The Balaban J connectivity index is 1.90. The van der Waals surface area contributed by atoms with Gasteiger partial charge in [0, 0.05) is 12.7 Å². The highest BCUT2D eigenvalue weighted by atomic mass is 32.2. The Morgan fingerprint density at radius 2 is 1.79 bits per heavy atom. The van der Waals surface area contributed by atoms with E-state index in [1.54, 1.807) is 62.4 Å². The summed E-state index contributed by atoms with van der Waals surface area (Å²) < 4.78 is 40.0. The fraction of sp³-hybridized carbons (Fsp3) is 0.226. The summed E-state index contributed by atoms with van der Waals surface area (Å²) >= 11 is 0. The van der Waals surface area contributed by atoms with Crippen LogP contribution in [0.15, 0.2) is 87.4 Å². The summed E-state index contributed by atoms with van der Waals surface area (Å²) in [7, 11) is -3.19. The molecule has 1 atom stereocenters. The van der Waals surface area contributed by atoms with Gasteiger partial charge < -0.3 is 20.3 Å². The minimum atomic E-state index is -4.61. The molecule has 1 amide bonds. The minimum absolute atomic E-state index is 0.0297. The van der Waals surface area contributed by atoms with Crippen molar-refractivity contribution < 1.29 is 27.8 Å². The van der Waals surface area contributed by atoms with Gasteiger partial charge in [-0.2, -0.15) is 10.2 Å². The van der Waals surface area contributed by atoms with Gasteiger partial charge in [0.2, 0.25) is 21.6 Å². The number of nitrogens with two attached hydrogens (primary N) is 1. The minimum Gasteiger partial charge on any atom is -0.493 e. The van der Waals surface area contributed by atoms with Gasteiger partial charge >= 0.3 is 0 Å². The molecule has 0 fully saturated rings. The van der Waals surface area contributed by atoms with Crippen molar-refractivity contribution in [3.05, 3.63) is 106 Å². The smallest absolute Gasteiger partial charge is 0.296 e. The van der Waals surface area contributed by atoms with Crippen molar-refractivity contribution in [1.29, 1.82) is 5.26 Å². The quantitative estimate of drug-likeness (QED) is 0.260. The van der Waals surface area contributed by atoms with Gasteiger partial charge in [-0.05, 0) is 60.9 Å². The molecule has 222 valence electrons. The van der Waals surface area contributed by atoms with Crippen LogP contribution in [-0.4, -0.2) is 48.8 Å². The summed E-state index contributed by atoms with van der Waals surface area (Å²) in [5, 5.41) is 21.0. The summed E-state index contributed by atoms with van der Waals surface area (Å²) in [6.07, 6.45) is -0.267. The molecule has 0 bridgehead atoms. The molecule has 1 aromatic heterocycles. The van der Waals surface area contributed by atoms with Crippen molar-refractivity contribution in [2.75, 3.05) is 13.7 Å². The third kappa shape index (κ3) is 6.49. The van der Waals surface area contributed by atoms with E-state index in [1.165, 1.54) is 35.9 Å².